The predicted molar refractivity (Wildman–Crippen MR) is 22.6 cm³/mol. The first kappa shape index (κ1) is 22.4. The van der Waals surface area contributed by atoms with Crippen LogP contribution in [0.25, 0.3) is 0 Å². The average molecular weight is 238 g/mol. The van der Waals surface area contributed by atoms with Gasteiger partial charge < -0.3 is 16.1 Å². The summed E-state index contributed by atoms with van der Waals surface area (Å²) in [7, 11) is -4.64. The van der Waals surface area contributed by atoms with E-state index in [1.165, 1.54) is 0 Å². The molecule has 3 N–H and O–H groups in total. The Bertz CT molecular complexity index is 66.7. The van der Waals surface area contributed by atoms with Crippen molar-refractivity contribution >= 4 is 20.2 Å². The predicted octanol–water partition coefficient (Wildman–Crippen LogP) is -3.39. The van der Waals surface area contributed by atoms with E-state index in [1.54, 1.807) is 0 Å². The van der Waals surface area contributed by atoms with Gasteiger partial charge in [0.05, 0.1) is 0 Å². The SMILES string of the molecule is Cl.O=P(O)(O)O.[Cu].[H-].[K+]. The van der Waals surface area contributed by atoms with Crippen LogP contribution >= 0.6 is 20.2 Å². The quantitative estimate of drug-likeness (QED) is 0.304. The molecule has 0 aliphatic heterocycles. The zero-order chi connectivity index (χ0) is 4.50. The van der Waals surface area contributed by atoms with Crippen molar-refractivity contribution in [2.45, 2.75) is 0 Å². The number of hydrogen-bond donors (Lipinski definition) is 3. The molecule has 0 aliphatic rings. The van der Waals surface area contributed by atoms with Crippen molar-refractivity contribution in [1.82, 2.24) is 0 Å². The Morgan fingerprint density at radius 3 is 1.25 bits per heavy atom. The van der Waals surface area contributed by atoms with E-state index >= 15 is 0 Å². The Hall–Kier alpha value is 2.56. The molecule has 0 heterocycles. The Morgan fingerprint density at radius 1 is 1.25 bits per heavy atom. The second-order valence-electron chi connectivity index (χ2n) is 0.513. The van der Waals surface area contributed by atoms with E-state index in [9.17, 15) is 0 Å². The maximum Gasteiger partial charge on any atom is 1.00 e. The van der Waals surface area contributed by atoms with Crippen LogP contribution in [-0.2, 0) is 21.6 Å². The molecule has 8 heavy (non-hydrogen) atoms. The molecule has 0 aromatic rings. The topological polar surface area (TPSA) is 77.8 Å². The van der Waals surface area contributed by atoms with E-state index < -0.39 is 7.82 Å². The van der Waals surface area contributed by atoms with Gasteiger partial charge >= 0.3 is 59.2 Å². The van der Waals surface area contributed by atoms with Crippen LogP contribution in [0.15, 0.2) is 0 Å². The smallest absolute Gasteiger partial charge is 1.00 e. The van der Waals surface area contributed by atoms with Gasteiger partial charge in [-0.1, -0.05) is 0 Å². The summed E-state index contributed by atoms with van der Waals surface area (Å²) in [6.45, 7) is 0. The molecular formula is H5ClCuKO4P. The van der Waals surface area contributed by atoms with Gasteiger partial charge in [-0.3, -0.25) is 0 Å². The number of phosphoric acid groups is 1. The zero-order valence-electron chi connectivity index (χ0n) is 4.91. The van der Waals surface area contributed by atoms with Crippen molar-refractivity contribution in [3.63, 3.8) is 0 Å². The van der Waals surface area contributed by atoms with Gasteiger partial charge in [0.15, 0.2) is 0 Å². The fourth-order valence-corrected chi connectivity index (χ4v) is 0. The van der Waals surface area contributed by atoms with Gasteiger partial charge in [-0.2, -0.15) is 0 Å². The van der Waals surface area contributed by atoms with Crippen LogP contribution in [0.2, 0.25) is 0 Å². The van der Waals surface area contributed by atoms with Gasteiger partial charge in [0.2, 0.25) is 0 Å². The standard InChI is InChI=1S/ClH.Cu.K.H3O4P.H/c;;;1-5(2,3)4;/h1H;;;(H3,1,2,3,4);/q;;+1;;-1. The molecule has 4 nitrogen and oxygen atoms in total. The minimum atomic E-state index is -4.64. The Balaban J connectivity index is -0.0000000133. The molecule has 0 spiro atoms. The van der Waals surface area contributed by atoms with E-state index in [-0.39, 0.29) is 82.3 Å². The fourth-order valence-electron chi connectivity index (χ4n) is 0. The first-order chi connectivity index (χ1) is 2.00. The van der Waals surface area contributed by atoms with Crippen molar-refractivity contribution in [3.8, 4) is 0 Å². The van der Waals surface area contributed by atoms with Crippen LogP contribution in [0.5, 0.6) is 0 Å². The average Bonchev–Trinajstić information content (AvgIpc) is 0.722. The summed E-state index contributed by atoms with van der Waals surface area (Å²) in [6, 6.07) is 0. The van der Waals surface area contributed by atoms with Crippen LogP contribution in [0.4, 0.5) is 0 Å². The van der Waals surface area contributed by atoms with Crippen LogP contribution < -0.4 is 51.4 Å². The minimum Gasteiger partial charge on any atom is -1.00 e. The van der Waals surface area contributed by atoms with E-state index in [0.29, 0.717) is 0 Å². The molecule has 0 saturated heterocycles. The van der Waals surface area contributed by atoms with E-state index in [0.717, 1.165) is 0 Å². The molecule has 0 aliphatic carbocycles. The largest absolute Gasteiger partial charge is 1.00 e. The fraction of sp³-hybridized carbons (Fsp3) is 0. The maximum atomic E-state index is 8.88. The van der Waals surface area contributed by atoms with Crippen LogP contribution in [0, 0.1) is 0 Å². The van der Waals surface area contributed by atoms with Gasteiger partial charge in [-0.25, -0.2) is 4.57 Å². The molecule has 0 aromatic heterocycles. The minimum absolute atomic E-state index is 0. The summed E-state index contributed by atoms with van der Waals surface area (Å²) >= 11 is 0. The van der Waals surface area contributed by atoms with Gasteiger partial charge in [0, 0.05) is 17.1 Å². The summed E-state index contributed by atoms with van der Waals surface area (Å²) in [5.74, 6) is 0. The maximum absolute atomic E-state index is 8.88. The zero-order valence-corrected chi connectivity index (χ0v) is 9.68. The molecule has 8 heteroatoms. The number of rotatable bonds is 0. The van der Waals surface area contributed by atoms with Crippen molar-refractivity contribution < 1.29 is 89.1 Å². The van der Waals surface area contributed by atoms with Gasteiger partial charge in [-0.15, -0.1) is 12.4 Å². The second kappa shape index (κ2) is 9.56. The molecule has 0 unspecified atom stereocenters. The van der Waals surface area contributed by atoms with E-state index in [1.807, 2.05) is 0 Å². The summed E-state index contributed by atoms with van der Waals surface area (Å²) < 4.78 is 8.88. The third kappa shape index (κ3) is 74.8. The normalized spacial score (nSPS) is 7.38. The molecule has 0 fully saturated rings. The second-order valence-corrected chi connectivity index (χ2v) is 1.54. The first-order valence-electron chi connectivity index (χ1n) is 0.783. The summed E-state index contributed by atoms with van der Waals surface area (Å²) in [4.78, 5) is 21.6. The molecule has 0 amide bonds. The molecule has 53 valence electrons. The Morgan fingerprint density at radius 2 is 1.25 bits per heavy atom. The molecule has 0 rings (SSSR count). The van der Waals surface area contributed by atoms with Gasteiger partial charge in [0.25, 0.3) is 0 Å². The van der Waals surface area contributed by atoms with Gasteiger partial charge in [-0.05, 0) is 0 Å². The first-order valence-corrected chi connectivity index (χ1v) is 2.35. The molecule has 0 aromatic carbocycles. The monoisotopic (exact) mass is 237 g/mol. The Kier molecular flexibility index (Phi) is 26.8. The molecular weight excluding hydrogens is 233 g/mol. The summed E-state index contributed by atoms with van der Waals surface area (Å²) in [5.41, 5.74) is 0. The van der Waals surface area contributed by atoms with E-state index in [4.69, 9.17) is 19.2 Å². The molecule has 0 saturated carbocycles. The van der Waals surface area contributed by atoms with Crippen LogP contribution in [0.1, 0.15) is 1.43 Å². The van der Waals surface area contributed by atoms with Crippen LogP contribution in [-0.4, -0.2) is 14.7 Å². The third-order valence-electron chi connectivity index (χ3n) is 0. The van der Waals surface area contributed by atoms with E-state index in [2.05, 4.69) is 0 Å². The molecule has 0 bridgehead atoms. The Labute approximate surface area is 107 Å². The summed E-state index contributed by atoms with van der Waals surface area (Å²) in [6.07, 6.45) is 0. The van der Waals surface area contributed by atoms with Crippen LogP contribution in [0.3, 0.4) is 0 Å². The van der Waals surface area contributed by atoms with Crippen molar-refractivity contribution in [1.29, 1.82) is 0 Å². The molecule has 1 radical (unpaired) electrons. The molecule has 0 atom stereocenters. The van der Waals surface area contributed by atoms with Crippen molar-refractivity contribution in [3.05, 3.63) is 0 Å². The van der Waals surface area contributed by atoms with Gasteiger partial charge in [0.1, 0.15) is 0 Å². The third-order valence-corrected chi connectivity index (χ3v) is 0. The van der Waals surface area contributed by atoms with Crippen molar-refractivity contribution in [2.24, 2.45) is 0 Å². The van der Waals surface area contributed by atoms with Crippen molar-refractivity contribution in [2.75, 3.05) is 0 Å². The summed E-state index contributed by atoms with van der Waals surface area (Å²) in [5, 5.41) is 0. The number of halogens is 1. The number of hydrogen-bond acceptors (Lipinski definition) is 1.